The van der Waals surface area contributed by atoms with Crippen molar-refractivity contribution in [1.29, 1.82) is 0 Å². The molecule has 1 nitrogen and oxygen atoms in total. The van der Waals surface area contributed by atoms with E-state index in [1.54, 1.807) is 24.3 Å². The van der Waals surface area contributed by atoms with E-state index >= 15 is 8.78 Å². The van der Waals surface area contributed by atoms with E-state index in [1.807, 2.05) is 36.4 Å². The van der Waals surface area contributed by atoms with Crippen LogP contribution in [0.15, 0.2) is 84.9 Å². The summed E-state index contributed by atoms with van der Waals surface area (Å²) in [5.74, 6) is -0.926. The summed E-state index contributed by atoms with van der Waals surface area (Å²) in [7, 11) is 0. The molecule has 0 N–H and O–H groups in total. The van der Waals surface area contributed by atoms with Gasteiger partial charge in [-0.05, 0) is 52.8 Å². The highest BCUT2D eigenvalue weighted by molar-refractivity contribution is 5.74. The monoisotopic (exact) mass is 484 g/mol. The molecule has 0 amide bonds. The molecule has 0 atom stereocenters. The maximum absolute atomic E-state index is 15.1. The van der Waals surface area contributed by atoms with Gasteiger partial charge in [0.05, 0.1) is 6.61 Å². The van der Waals surface area contributed by atoms with E-state index in [1.165, 1.54) is 18.4 Å². The van der Waals surface area contributed by atoms with Crippen molar-refractivity contribution in [2.45, 2.75) is 52.4 Å². The summed E-state index contributed by atoms with van der Waals surface area (Å²) in [6, 6.07) is 26.6. The third kappa shape index (κ3) is 6.20. The van der Waals surface area contributed by atoms with Crippen LogP contribution in [0.2, 0.25) is 0 Å². The molecule has 0 fully saturated rings. The van der Waals surface area contributed by atoms with Crippen molar-refractivity contribution < 1.29 is 13.5 Å². The third-order valence-corrected chi connectivity index (χ3v) is 6.54. The zero-order chi connectivity index (χ0) is 25.3. The fourth-order valence-electron chi connectivity index (χ4n) is 4.44. The van der Waals surface area contributed by atoms with Crippen molar-refractivity contribution in [3.05, 3.63) is 102 Å². The predicted molar refractivity (Wildman–Crippen MR) is 146 cm³/mol. The standard InChI is InChI=1S/C33H34F2O/c1-3-5-6-7-23-36-29-19-17-28(18-20-29)31-22-21-30(32(34)33(31)35)27-15-13-26(14-16-27)25-11-9-24(8-4-2)10-12-25/h9-22H,3-8,23H2,1-2H3. The summed E-state index contributed by atoms with van der Waals surface area (Å²) >= 11 is 0. The van der Waals surface area contributed by atoms with Crippen LogP contribution in [0.5, 0.6) is 5.75 Å². The smallest absolute Gasteiger partial charge is 0.167 e. The Balaban J connectivity index is 1.47. The molecule has 4 rings (SSSR count). The maximum atomic E-state index is 15.1. The second-order valence-corrected chi connectivity index (χ2v) is 9.25. The highest BCUT2D eigenvalue weighted by Gasteiger charge is 2.16. The van der Waals surface area contributed by atoms with Gasteiger partial charge in [0.25, 0.3) is 0 Å². The van der Waals surface area contributed by atoms with Gasteiger partial charge in [0.15, 0.2) is 11.6 Å². The zero-order valence-electron chi connectivity index (χ0n) is 21.2. The fourth-order valence-corrected chi connectivity index (χ4v) is 4.44. The molecule has 0 spiro atoms. The number of unbranched alkanes of at least 4 members (excludes halogenated alkanes) is 3. The van der Waals surface area contributed by atoms with Gasteiger partial charge in [0.1, 0.15) is 5.75 Å². The molecule has 3 heteroatoms. The van der Waals surface area contributed by atoms with Gasteiger partial charge in [-0.3, -0.25) is 0 Å². The first-order chi connectivity index (χ1) is 17.6. The van der Waals surface area contributed by atoms with Crippen molar-refractivity contribution in [3.63, 3.8) is 0 Å². The Morgan fingerprint density at radius 2 is 1.03 bits per heavy atom. The quantitative estimate of drug-likeness (QED) is 0.192. The first-order valence-electron chi connectivity index (χ1n) is 13.0. The normalized spacial score (nSPS) is 11.0. The van der Waals surface area contributed by atoms with Crippen molar-refractivity contribution >= 4 is 0 Å². The lowest BCUT2D eigenvalue weighted by molar-refractivity contribution is 0.305. The highest BCUT2D eigenvalue weighted by Crippen LogP contribution is 2.33. The summed E-state index contributed by atoms with van der Waals surface area (Å²) in [5, 5.41) is 0. The van der Waals surface area contributed by atoms with E-state index < -0.39 is 11.6 Å². The average Bonchev–Trinajstić information content (AvgIpc) is 2.91. The Bertz CT molecular complexity index is 1240. The number of hydrogen-bond donors (Lipinski definition) is 0. The van der Waals surface area contributed by atoms with E-state index in [4.69, 9.17) is 4.74 Å². The Morgan fingerprint density at radius 3 is 1.56 bits per heavy atom. The topological polar surface area (TPSA) is 9.23 Å². The summed E-state index contributed by atoms with van der Waals surface area (Å²) in [5.41, 5.74) is 5.25. The predicted octanol–water partition coefficient (Wildman–Crippen LogP) is 9.88. The van der Waals surface area contributed by atoms with Crippen LogP contribution in [0.3, 0.4) is 0 Å². The van der Waals surface area contributed by atoms with Crippen LogP contribution in [0.1, 0.15) is 51.5 Å². The van der Waals surface area contributed by atoms with Crippen LogP contribution < -0.4 is 4.74 Å². The van der Waals surface area contributed by atoms with Gasteiger partial charge in [-0.2, -0.15) is 0 Å². The molecule has 0 unspecified atom stereocenters. The van der Waals surface area contributed by atoms with Crippen LogP contribution in [-0.4, -0.2) is 6.61 Å². The molecular weight excluding hydrogens is 450 g/mol. The Morgan fingerprint density at radius 1 is 0.528 bits per heavy atom. The molecule has 0 bridgehead atoms. The molecule has 0 aliphatic rings. The third-order valence-electron chi connectivity index (χ3n) is 6.54. The van der Waals surface area contributed by atoms with Crippen molar-refractivity contribution in [2.24, 2.45) is 0 Å². The molecule has 0 aromatic heterocycles. The minimum absolute atomic E-state index is 0.245. The van der Waals surface area contributed by atoms with E-state index in [-0.39, 0.29) is 11.1 Å². The summed E-state index contributed by atoms with van der Waals surface area (Å²) in [6.07, 6.45) is 6.75. The first kappa shape index (κ1) is 25.6. The van der Waals surface area contributed by atoms with E-state index in [0.717, 1.165) is 42.6 Å². The van der Waals surface area contributed by atoms with Crippen molar-refractivity contribution in [1.82, 2.24) is 0 Å². The van der Waals surface area contributed by atoms with Crippen molar-refractivity contribution in [3.8, 4) is 39.1 Å². The van der Waals surface area contributed by atoms with Crippen LogP contribution in [-0.2, 0) is 6.42 Å². The van der Waals surface area contributed by atoms with Gasteiger partial charge in [-0.15, -0.1) is 0 Å². The van der Waals surface area contributed by atoms with Crippen LogP contribution in [0.25, 0.3) is 33.4 Å². The lowest BCUT2D eigenvalue weighted by atomic mass is 9.96. The molecule has 186 valence electrons. The molecule has 0 aliphatic carbocycles. The SMILES string of the molecule is CCCCCCOc1ccc(-c2ccc(-c3ccc(-c4ccc(CCC)cc4)cc3)c(F)c2F)cc1. The number of aryl methyl sites for hydroxylation is 1. The molecule has 4 aromatic carbocycles. The molecule has 4 aromatic rings. The minimum atomic E-state index is -0.837. The molecule has 0 aliphatic heterocycles. The Kier molecular flexibility index (Phi) is 8.89. The van der Waals surface area contributed by atoms with Crippen LogP contribution in [0, 0.1) is 11.6 Å². The Labute approximate surface area is 213 Å². The summed E-state index contributed by atoms with van der Waals surface area (Å²) in [4.78, 5) is 0. The molecule has 36 heavy (non-hydrogen) atoms. The minimum Gasteiger partial charge on any atom is -0.494 e. The molecular formula is C33H34F2O. The molecule has 0 radical (unpaired) electrons. The average molecular weight is 485 g/mol. The second-order valence-electron chi connectivity index (χ2n) is 9.25. The first-order valence-corrected chi connectivity index (χ1v) is 13.0. The van der Waals surface area contributed by atoms with E-state index in [0.29, 0.717) is 17.7 Å². The van der Waals surface area contributed by atoms with Gasteiger partial charge < -0.3 is 4.74 Å². The largest absolute Gasteiger partial charge is 0.494 e. The number of ether oxygens (including phenoxy) is 1. The summed E-state index contributed by atoms with van der Waals surface area (Å²) < 4.78 is 36.0. The van der Waals surface area contributed by atoms with E-state index in [9.17, 15) is 0 Å². The number of benzene rings is 4. The molecule has 0 saturated carbocycles. The maximum Gasteiger partial charge on any atom is 0.167 e. The number of rotatable bonds is 11. The second kappa shape index (κ2) is 12.5. The van der Waals surface area contributed by atoms with Gasteiger partial charge in [-0.25, -0.2) is 8.78 Å². The van der Waals surface area contributed by atoms with Gasteiger partial charge >= 0.3 is 0 Å². The van der Waals surface area contributed by atoms with Crippen LogP contribution in [0.4, 0.5) is 8.78 Å². The molecule has 0 saturated heterocycles. The van der Waals surface area contributed by atoms with Gasteiger partial charge in [0, 0.05) is 11.1 Å². The van der Waals surface area contributed by atoms with Crippen molar-refractivity contribution in [2.75, 3.05) is 6.61 Å². The molecule has 0 heterocycles. The Hall–Kier alpha value is -3.46. The number of hydrogen-bond acceptors (Lipinski definition) is 1. The van der Waals surface area contributed by atoms with Gasteiger partial charge in [-0.1, -0.05) is 112 Å². The zero-order valence-corrected chi connectivity index (χ0v) is 21.2. The lowest BCUT2D eigenvalue weighted by Crippen LogP contribution is -1.97. The van der Waals surface area contributed by atoms with Crippen LogP contribution >= 0.6 is 0 Å². The lowest BCUT2D eigenvalue weighted by Gasteiger charge is -2.11. The van der Waals surface area contributed by atoms with Gasteiger partial charge in [0.2, 0.25) is 0 Å². The van der Waals surface area contributed by atoms with E-state index in [2.05, 4.69) is 38.1 Å². The highest BCUT2D eigenvalue weighted by atomic mass is 19.2. The number of halogens is 2. The summed E-state index contributed by atoms with van der Waals surface area (Å²) in [6.45, 7) is 5.01. The fraction of sp³-hybridized carbons (Fsp3) is 0.273.